The molecule has 18 heavy (non-hydrogen) atoms. The van der Waals surface area contributed by atoms with Gasteiger partial charge in [0.05, 0.1) is 6.10 Å². The number of nitrogens with one attached hydrogen (secondary N) is 1. The largest absolute Gasteiger partial charge is 0.393 e. The van der Waals surface area contributed by atoms with Gasteiger partial charge in [-0.05, 0) is 32.0 Å². The van der Waals surface area contributed by atoms with Crippen LogP contribution in [0.1, 0.15) is 25.8 Å². The number of benzene rings is 1. The molecule has 0 aliphatic rings. The molecule has 0 fully saturated rings. The van der Waals surface area contributed by atoms with Crippen LogP contribution in [-0.2, 0) is 6.54 Å². The number of aliphatic hydroxyl groups is 1. The number of anilines is 1. The first kappa shape index (κ1) is 15.3. The normalized spacial score (nSPS) is 12.5. The summed E-state index contributed by atoms with van der Waals surface area (Å²) in [6.45, 7) is 6.39. The average molecular weight is 271 g/mol. The van der Waals surface area contributed by atoms with Crippen molar-refractivity contribution >= 4 is 17.3 Å². The van der Waals surface area contributed by atoms with E-state index in [-0.39, 0.29) is 6.10 Å². The molecule has 0 radical (unpaired) electrons. The molecular weight excluding hydrogens is 248 g/mol. The topological polar surface area (TPSA) is 35.5 Å². The smallest absolute Gasteiger partial charge is 0.0528 e. The van der Waals surface area contributed by atoms with Crippen molar-refractivity contribution in [1.82, 2.24) is 5.32 Å². The lowest BCUT2D eigenvalue weighted by Crippen LogP contribution is -2.24. The van der Waals surface area contributed by atoms with E-state index in [1.165, 1.54) is 0 Å². The van der Waals surface area contributed by atoms with E-state index >= 15 is 0 Å². The summed E-state index contributed by atoms with van der Waals surface area (Å²) in [5.74, 6) is 0. The Hall–Kier alpha value is -0.770. The summed E-state index contributed by atoms with van der Waals surface area (Å²) in [6, 6.07) is 5.95. The third kappa shape index (κ3) is 4.48. The fourth-order valence-corrected chi connectivity index (χ4v) is 2.07. The van der Waals surface area contributed by atoms with Crippen LogP contribution >= 0.6 is 11.6 Å². The Kier molecular flexibility index (Phi) is 6.47. The van der Waals surface area contributed by atoms with Crippen LogP contribution < -0.4 is 10.2 Å². The minimum absolute atomic E-state index is 0.274. The second-order valence-corrected chi connectivity index (χ2v) is 4.98. The summed E-state index contributed by atoms with van der Waals surface area (Å²) < 4.78 is 0. The average Bonchev–Trinajstić information content (AvgIpc) is 2.34. The van der Waals surface area contributed by atoms with Gasteiger partial charge in [-0.1, -0.05) is 24.6 Å². The van der Waals surface area contributed by atoms with E-state index in [2.05, 4.69) is 23.2 Å². The Balaban J connectivity index is 2.82. The summed E-state index contributed by atoms with van der Waals surface area (Å²) in [6.07, 6.45) is 0.479. The zero-order valence-electron chi connectivity index (χ0n) is 11.4. The lowest BCUT2D eigenvalue weighted by atomic mass is 10.1. The van der Waals surface area contributed by atoms with Crippen LogP contribution in [0.25, 0.3) is 0 Å². The molecule has 1 rings (SSSR count). The predicted octanol–water partition coefficient (Wildman–Crippen LogP) is 2.66. The van der Waals surface area contributed by atoms with Crippen molar-refractivity contribution in [1.29, 1.82) is 0 Å². The first-order valence-electron chi connectivity index (χ1n) is 6.43. The Labute approximate surface area is 115 Å². The summed E-state index contributed by atoms with van der Waals surface area (Å²) >= 11 is 6.26. The monoisotopic (exact) mass is 270 g/mol. The molecule has 0 bridgehead atoms. The molecule has 2 N–H and O–H groups in total. The molecule has 0 heterocycles. The van der Waals surface area contributed by atoms with Crippen molar-refractivity contribution in [3.05, 3.63) is 28.8 Å². The number of hydrogen-bond donors (Lipinski definition) is 2. The number of nitrogens with zero attached hydrogens (tertiary/aromatic N) is 1. The van der Waals surface area contributed by atoms with Gasteiger partial charge in [-0.2, -0.15) is 0 Å². The van der Waals surface area contributed by atoms with Crippen LogP contribution in [0.4, 0.5) is 5.69 Å². The highest BCUT2D eigenvalue weighted by Gasteiger charge is 2.11. The molecule has 0 saturated carbocycles. The van der Waals surface area contributed by atoms with Crippen molar-refractivity contribution in [3.8, 4) is 0 Å². The van der Waals surface area contributed by atoms with Gasteiger partial charge in [0.15, 0.2) is 0 Å². The van der Waals surface area contributed by atoms with E-state index in [9.17, 15) is 5.11 Å². The van der Waals surface area contributed by atoms with Gasteiger partial charge in [-0.25, -0.2) is 0 Å². The minimum atomic E-state index is -0.274. The SMILES string of the molecule is CCNCc1c(Cl)cccc1N(C)CCC(C)O. The van der Waals surface area contributed by atoms with Crippen LogP contribution in [0.15, 0.2) is 18.2 Å². The minimum Gasteiger partial charge on any atom is -0.393 e. The van der Waals surface area contributed by atoms with Crippen LogP contribution in [0, 0.1) is 0 Å². The maximum atomic E-state index is 9.35. The van der Waals surface area contributed by atoms with Crippen LogP contribution in [-0.4, -0.2) is 31.3 Å². The maximum Gasteiger partial charge on any atom is 0.0528 e. The summed E-state index contributed by atoms with van der Waals surface area (Å²) in [5, 5.41) is 13.4. The highest BCUT2D eigenvalue weighted by molar-refractivity contribution is 6.31. The highest BCUT2D eigenvalue weighted by Crippen LogP contribution is 2.27. The van der Waals surface area contributed by atoms with Gasteiger partial charge in [-0.15, -0.1) is 0 Å². The number of halogens is 1. The molecule has 0 amide bonds. The Morgan fingerprint density at radius 2 is 2.17 bits per heavy atom. The summed E-state index contributed by atoms with van der Waals surface area (Å²) in [7, 11) is 2.03. The predicted molar refractivity (Wildman–Crippen MR) is 78.4 cm³/mol. The van der Waals surface area contributed by atoms with Crippen LogP contribution in [0.5, 0.6) is 0 Å². The zero-order valence-corrected chi connectivity index (χ0v) is 12.2. The Morgan fingerprint density at radius 3 is 2.78 bits per heavy atom. The van der Waals surface area contributed by atoms with Gasteiger partial charge in [0.1, 0.15) is 0 Å². The highest BCUT2D eigenvalue weighted by atomic mass is 35.5. The molecule has 102 valence electrons. The van der Waals surface area contributed by atoms with Crippen molar-refractivity contribution in [3.63, 3.8) is 0 Å². The maximum absolute atomic E-state index is 9.35. The molecular formula is C14H23ClN2O. The van der Waals surface area contributed by atoms with E-state index in [1.54, 1.807) is 0 Å². The van der Waals surface area contributed by atoms with E-state index < -0.39 is 0 Å². The quantitative estimate of drug-likeness (QED) is 0.800. The van der Waals surface area contributed by atoms with Gasteiger partial charge in [-0.3, -0.25) is 0 Å². The fraction of sp³-hybridized carbons (Fsp3) is 0.571. The molecule has 1 aromatic rings. The fourth-order valence-electron chi connectivity index (χ4n) is 1.83. The third-order valence-electron chi connectivity index (χ3n) is 2.94. The van der Waals surface area contributed by atoms with E-state index in [0.29, 0.717) is 0 Å². The van der Waals surface area contributed by atoms with Gasteiger partial charge in [0, 0.05) is 36.4 Å². The molecule has 1 aromatic carbocycles. The number of hydrogen-bond acceptors (Lipinski definition) is 3. The Morgan fingerprint density at radius 1 is 1.44 bits per heavy atom. The van der Waals surface area contributed by atoms with Crippen molar-refractivity contribution < 1.29 is 5.11 Å². The Bertz CT molecular complexity index is 369. The summed E-state index contributed by atoms with van der Waals surface area (Å²) in [4.78, 5) is 2.14. The van der Waals surface area contributed by atoms with Crippen molar-refractivity contribution in [2.24, 2.45) is 0 Å². The van der Waals surface area contributed by atoms with E-state index in [4.69, 9.17) is 11.6 Å². The third-order valence-corrected chi connectivity index (χ3v) is 3.29. The molecule has 0 aromatic heterocycles. The van der Waals surface area contributed by atoms with Gasteiger partial charge in [0.25, 0.3) is 0 Å². The molecule has 1 unspecified atom stereocenters. The lowest BCUT2D eigenvalue weighted by Gasteiger charge is -2.24. The molecule has 4 heteroatoms. The van der Waals surface area contributed by atoms with E-state index in [1.807, 2.05) is 26.1 Å². The summed E-state index contributed by atoms with van der Waals surface area (Å²) in [5.41, 5.74) is 2.25. The first-order chi connectivity index (χ1) is 8.56. The molecule has 0 aliphatic carbocycles. The number of rotatable bonds is 7. The van der Waals surface area contributed by atoms with Crippen molar-refractivity contribution in [2.45, 2.75) is 32.9 Å². The second kappa shape index (κ2) is 7.62. The van der Waals surface area contributed by atoms with Gasteiger partial charge in [0.2, 0.25) is 0 Å². The number of aliphatic hydroxyl groups excluding tert-OH is 1. The molecule has 0 aliphatic heterocycles. The van der Waals surface area contributed by atoms with Crippen molar-refractivity contribution in [2.75, 3.05) is 25.0 Å². The van der Waals surface area contributed by atoms with Gasteiger partial charge < -0.3 is 15.3 Å². The molecule has 3 nitrogen and oxygen atoms in total. The van der Waals surface area contributed by atoms with Crippen LogP contribution in [0.2, 0.25) is 5.02 Å². The van der Waals surface area contributed by atoms with Crippen LogP contribution in [0.3, 0.4) is 0 Å². The first-order valence-corrected chi connectivity index (χ1v) is 6.81. The molecule has 0 spiro atoms. The lowest BCUT2D eigenvalue weighted by molar-refractivity contribution is 0.187. The second-order valence-electron chi connectivity index (χ2n) is 4.58. The van der Waals surface area contributed by atoms with Gasteiger partial charge >= 0.3 is 0 Å². The zero-order chi connectivity index (χ0) is 13.5. The van der Waals surface area contributed by atoms with E-state index in [0.717, 1.165) is 42.3 Å². The molecule has 1 atom stereocenters. The molecule has 0 saturated heterocycles. The standard InChI is InChI=1S/C14H23ClN2O/c1-4-16-10-12-13(15)6-5-7-14(12)17(3)9-8-11(2)18/h5-7,11,16,18H,4,8-10H2,1-3H3.